The van der Waals surface area contributed by atoms with Gasteiger partial charge in [0.05, 0.1) is 19.3 Å². The van der Waals surface area contributed by atoms with Gasteiger partial charge in [0.25, 0.3) is 0 Å². The highest BCUT2D eigenvalue weighted by Crippen LogP contribution is 2.30. The number of benzene rings is 1. The van der Waals surface area contributed by atoms with E-state index in [0.717, 1.165) is 12.0 Å². The van der Waals surface area contributed by atoms with Crippen LogP contribution in [0.15, 0.2) is 30.3 Å². The van der Waals surface area contributed by atoms with Crippen LogP contribution in [-0.2, 0) is 20.8 Å². The third-order valence-corrected chi connectivity index (χ3v) is 3.87. The summed E-state index contributed by atoms with van der Waals surface area (Å²) in [7, 11) is 0. The lowest BCUT2D eigenvalue weighted by Crippen LogP contribution is -2.50. The zero-order valence-corrected chi connectivity index (χ0v) is 15.4. The van der Waals surface area contributed by atoms with Crippen LogP contribution >= 0.6 is 0 Å². The summed E-state index contributed by atoms with van der Waals surface area (Å²) in [5.74, 6) is 0. The number of hydrogen-bond acceptors (Lipinski definition) is 4. The number of carbonyl (C=O) groups is 1. The van der Waals surface area contributed by atoms with Crippen molar-refractivity contribution < 1.29 is 19.0 Å². The summed E-state index contributed by atoms with van der Waals surface area (Å²) in [6, 6.07) is 10.0. The third-order valence-electron chi connectivity index (χ3n) is 3.87. The summed E-state index contributed by atoms with van der Waals surface area (Å²) in [5, 5.41) is 0. The van der Waals surface area contributed by atoms with E-state index in [2.05, 4.69) is 0 Å². The molecule has 2 rings (SSSR count). The summed E-state index contributed by atoms with van der Waals surface area (Å²) in [6.07, 6.45) is 0.383. The van der Waals surface area contributed by atoms with E-state index in [1.807, 2.05) is 65.0 Å². The van der Waals surface area contributed by atoms with Gasteiger partial charge in [-0.3, -0.25) is 4.90 Å². The van der Waals surface area contributed by atoms with Gasteiger partial charge in [0.2, 0.25) is 0 Å². The van der Waals surface area contributed by atoms with Crippen molar-refractivity contribution in [2.45, 2.75) is 65.0 Å². The topological polar surface area (TPSA) is 48.0 Å². The maximum absolute atomic E-state index is 12.5. The number of ether oxygens (including phenoxy) is 3. The first kappa shape index (κ1) is 18.7. The lowest BCUT2D eigenvalue weighted by Gasteiger charge is -2.35. The van der Waals surface area contributed by atoms with Crippen LogP contribution in [0.4, 0.5) is 4.79 Å². The van der Waals surface area contributed by atoms with E-state index in [9.17, 15) is 4.79 Å². The average molecular weight is 335 g/mol. The highest BCUT2D eigenvalue weighted by Gasteiger charge is 2.45. The van der Waals surface area contributed by atoms with Gasteiger partial charge in [-0.1, -0.05) is 30.3 Å². The highest BCUT2D eigenvalue weighted by molar-refractivity contribution is 5.69. The zero-order chi connectivity index (χ0) is 17.8. The van der Waals surface area contributed by atoms with E-state index in [1.165, 1.54) is 0 Å². The summed E-state index contributed by atoms with van der Waals surface area (Å²) in [6.45, 7) is 11.0. The normalized spacial score (nSPS) is 20.2. The second kappa shape index (κ2) is 7.53. The van der Waals surface area contributed by atoms with Crippen LogP contribution in [0.5, 0.6) is 0 Å². The first-order valence-electron chi connectivity index (χ1n) is 8.47. The Kier molecular flexibility index (Phi) is 5.88. The fraction of sp³-hybridized carbons (Fsp3) is 0.632. The van der Waals surface area contributed by atoms with Gasteiger partial charge < -0.3 is 14.2 Å². The smallest absolute Gasteiger partial charge is 0.412 e. The van der Waals surface area contributed by atoms with Gasteiger partial charge in [0.15, 0.2) is 0 Å². The van der Waals surface area contributed by atoms with Crippen LogP contribution in [0.3, 0.4) is 0 Å². The van der Waals surface area contributed by atoms with Crippen LogP contribution < -0.4 is 0 Å². The monoisotopic (exact) mass is 335 g/mol. The molecule has 0 aromatic heterocycles. The van der Waals surface area contributed by atoms with Gasteiger partial charge in [-0.25, -0.2) is 4.79 Å². The molecule has 5 heteroatoms. The van der Waals surface area contributed by atoms with E-state index in [4.69, 9.17) is 14.2 Å². The molecule has 1 aromatic rings. The molecule has 1 heterocycles. The van der Waals surface area contributed by atoms with Gasteiger partial charge in [-0.15, -0.1) is 0 Å². The SMILES string of the molecule is CC(C)(C)OC(=O)N1C(CCOCc2ccccc2)COC1(C)C. The van der Waals surface area contributed by atoms with E-state index < -0.39 is 11.3 Å². The molecule has 0 radical (unpaired) electrons. The maximum Gasteiger partial charge on any atom is 0.412 e. The Morgan fingerprint density at radius 2 is 1.96 bits per heavy atom. The maximum atomic E-state index is 12.5. The van der Waals surface area contributed by atoms with Crippen molar-refractivity contribution >= 4 is 6.09 Å². The van der Waals surface area contributed by atoms with Crippen LogP contribution in [0.2, 0.25) is 0 Å². The molecule has 0 aliphatic carbocycles. The predicted molar refractivity (Wildman–Crippen MR) is 92.6 cm³/mol. The standard InChI is InChI=1S/C19H29NO4/c1-18(2,3)24-17(21)20-16(14-23-19(20,4)5)11-12-22-13-15-9-7-6-8-10-15/h6-10,16H,11-14H2,1-5H3. The van der Waals surface area contributed by atoms with Gasteiger partial charge in [0.1, 0.15) is 11.3 Å². The number of rotatable bonds is 5. The molecular formula is C19H29NO4. The fourth-order valence-corrected chi connectivity index (χ4v) is 2.76. The minimum Gasteiger partial charge on any atom is -0.444 e. The number of hydrogen-bond donors (Lipinski definition) is 0. The minimum absolute atomic E-state index is 0.0365. The van der Waals surface area contributed by atoms with Crippen LogP contribution in [0.25, 0.3) is 0 Å². The van der Waals surface area contributed by atoms with Crippen LogP contribution in [0, 0.1) is 0 Å². The number of amides is 1. The highest BCUT2D eigenvalue weighted by atomic mass is 16.6. The number of carbonyl (C=O) groups excluding carboxylic acids is 1. The molecule has 1 atom stereocenters. The third kappa shape index (κ3) is 5.21. The summed E-state index contributed by atoms with van der Waals surface area (Å²) >= 11 is 0. The Morgan fingerprint density at radius 3 is 2.58 bits per heavy atom. The second-order valence-electron chi connectivity index (χ2n) is 7.59. The zero-order valence-electron chi connectivity index (χ0n) is 15.4. The van der Waals surface area contributed by atoms with Crippen LogP contribution in [-0.4, -0.2) is 41.6 Å². The molecule has 0 spiro atoms. The van der Waals surface area contributed by atoms with Gasteiger partial charge in [-0.2, -0.15) is 0 Å². The second-order valence-corrected chi connectivity index (χ2v) is 7.59. The van der Waals surface area contributed by atoms with Crippen molar-refractivity contribution in [1.82, 2.24) is 4.90 Å². The van der Waals surface area contributed by atoms with E-state index >= 15 is 0 Å². The predicted octanol–water partition coefficient (Wildman–Crippen LogP) is 3.97. The molecule has 5 nitrogen and oxygen atoms in total. The Bertz CT molecular complexity index is 536. The Hall–Kier alpha value is -1.59. The molecule has 1 saturated heterocycles. The lowest BCUT2D eigenvalue weighted by molar-refractivity contribution is -0.0633. The molecule has 0 bridgehead atoms. The summed E-state index contributed by atoms with van der Waals surface area (Å²) < 4.78 is 17.1. The van der Waals surface area contributed by atoms with Crippen molar-refractivity contribution in [3.8, 4) is 0 Å². The molecule has 1 aliphatic heterocycles. The molecule has 1 amide bonds. The van der Waals surface area contributed by atoms with Gasteiger partial charge >= 0.3 is 6.09 Å². The first-order valence-corrected chi connectivity index (χ1v) is 8.47. The summed E-state index contributed by atoms with van der Waals surface area (Å²) in [4.78, 5) is 14.2. The summed E-state index contributed by atoms with van der Waals surface area (Å²) in [5.41, 5.74) is -0.0409. The van der Waals surface area contributed by atoms with Crippen molar-refractivity contribution in [3.05, 3.63) is 35.9 Å². The Labute approximate surface area is 144 Å². The molecule has 0 N–H and O–H groups in total. The van der Waals surface area contributed by atoms with E-state index in [-0.39, 0.29) is 12.1 Å². The van der Waals surface area contributed by atoms with Crippen molar-refractivity contribution in [2.75, 3.05) is 13.2 Å². The molecular weight excluding hydrogens is 306 g/mol. The van der Waals surface area contributed by atoms with Gasteiger partial charge in [-0.05, 0) is 46.6 Å². The van der Waals surface area contributed by atoms with E-state index in [1.54, 1.807) is 4.90 Å². The van der Waals surface area contributed by atoms with Crippen molar-refractivity contribution in [2.24, 2.45) is 0 Å². The molecule has 1 fully saturated rings. The Balaban J connectivity index is 1.87. The van der Waals surface area contributed by atoms with Crippen LogP contribution in [0.1, 0.15) is 46.6 Å². The molecule has 24 heavy (non-hydrogen) atoms. The molecule has 134 valence electrons. The average Bonchev–Trinajstić information content (AvgIpc) is 2.78. The Morgan fingerprint density at radius 1 is 1.29 bits per heavy atom. The van der Waals surface area contributed by atoms with Crippen molar-refractivity contribution in [3.63, 3.8) is 0 Å². The molecule has 1 aliphatic rings. The minimum atomic E-state index is -0.660. The quantitative estimate of drug-likeness (QED) is 0.764. The molecule has 0 saturated carbocycles. The largest absolute Gasteiger partial charge is 0.444 e. The van der Waals surface area contributed by atoms with E-state index in [0.29, 0.717) is 19.8 Å². The lowest BCUT2D eigenvalue weighted by atomic mass is 10.1. The molecule has 1 aromatic carbocycles. The number of nitrogens with zero attached hydrogens (tertiary/aromatic N) is 1. The molecule has 1 unspecified atom stereocenters. The van der Waals surface area contributed by atoms with Crippen molar-refractivity contribution in [1.29, 1.82) is 0 Å². The fourth-order valence-electron chi connectivity index (χ4n) is 2.76. The first-order chi connectivity index (χ1) is 11.2. The van der Waals surface area contributed by atoms with Gasteiger partial charge in [0, 0.05) is 6.61 Å².